The normalized spacial score (nSPS) is 18.3. The van der Waals surface area contributed by atoms with Gasteiger partial charge in [0.25, 0.3) is 5.91 Å². The Kier molecular flexibility index (Phi) is 5.51. The first-order valence-corrected chi connectivity index (χ1v) is 11.9. The molecular formula is C24H17FN2O4S2. The summed E-state index contributed by atoms with van der Waals surface area (Å²) < 4.78 is 20.0. The maximum Gasteiger partial charge on any atom is 0.297 e. The smallest absolute Gasteiger partial charge is 0.297 e. The highest BCUT2D eigenvalue weighted by Gasteiger charge is 2.53. The predicted molar refractivity (Wildman–Crippen MR) is 125 cm³/mol. The highest BCUT2D eigenvalue weighted by molar-refractivity contribution is 7.22. The van der Waals surface area contributed by atoms with Crippen LogP contribution in [0.2, 0.25) is 0 Å². The van der Waals surface area contributed by atoms with E-state index in [-0.39, 0.29) is 0 Å². The standard InChI is InChI=1S/C24H17FN2O4S2/c1-2-31-15-9-10-16-18(12-15)33-24(26-16)27-20(13-5-7-14(25)8-6-13)19(22(29)23(27)30)21(28)17-4-3-11-32-17/h3-12,19-20H,2H2,1H3. The van der Waals surface area contributed by atoms with E-state index in [9.17, 15) is 18.8 Å². The van der Waals surface area contributed by atoms with Gasteiger partial charge in [-0.2, -0.15) is 0 Å². The maximum atomic E-state index is 13.6. The largest absolute Gasteiger partial charge is 0.494 e. The molecule has 2 aromatic carbocycles. The Bertz CT molecular complexity index is 1370. The van der Waals surface area contributed by atoms with E-state index in [1.807, 2.05) is 13.0 Å². The van der Waals surface area contributed by atoms with Crippen molar-refractivity contribution in [3.63, 3.8) is 0 Å². The van der Waals surface area contributed by atoms with E-state index in [1.54, 1.807) is 29.6 Å². The summed E-state index contributed by atoms with van der Waals surface area (Å²) in [6.45, 7) is 2.39. The van der Waals surface area contributed by atoms with Gasteiger partial charge < -0.3 is 4.74 Å². The van der Waals surface area contributed by atoms with Crippen LogP contribution in [-0.2, 0) is 9.59 Å². The molecule has 0 radical (unpaired) electrons. The molecule has 0 spiro atoms. The fourth-order valence-electron chi connectivity index (χ4n) is 3.96. The Balaban J connectivity index is 1.63. The second-order valence-corrected chi connectivity index (χ2v) is 9.37. The van der Waals surface area contributed by atoms with E-state index in [4.69, 9.17) is 4.74 Å². The highest BCUT2D eigenvalue weighted by Crippen LogP contribution is 2.44. The topological polar surface area (TPSA) is 76.6 Å². The number of anilines is 1. The number of ketones is 2. The van der Waals surface area contributed by atoms with Gasteiger partial charge >= 0.3 is 0 Å². The molecule has 1 saturated heterocycles. The molecule has 0 aliphatic carbocycles. The third-order valence-electron chi connectivity index (χ3n) is 5.43. The van der Waals surface area contributed by atoms with E-state index in [2.05, 4.69) is 4.98 Å². The van der Waals surface area contributed by atoms with Crippen molar-refractivity contribution in [2.24, 2.45) is 5.92 Å². The number of thiophene rings is 1. The van der Waals surface area contributed by atoms with Gasteiger partial charge in [0, 0.05) is 0 Å². The van der Waals surface area contributed by atoms with Crippen LogP contribution in [0.25, 0.3) is 10.2 Å². The average Bonchev–Trinajstić information content (AvgIpc) is 3.53. The molecule has 0 saturated carbocycles. The van der Waals surface area contributed by atoms with Crippen molar-refractivity contribution in [1.82, 2.24) is 4.98 Å². The zero-order valence-electron chi connectivity index (χ0n) is 17.4. The zero-order chi connectivity index (χ0) is 23.1. The van der Waals surface area contributed by atoms with E-state index >= 15 is 0 Å². The quantitative estimate of drug-likeness (QED) is 0.219. The average molecular weight is 481 g/mol. The van der Waals surface area contributed by atoms with E-state index in [0.29, 0.717) is 33.4 Å². The molecule has 2 atom stereocenters. The van der Waals surface area contributed by atoms with Gasteiger partial charge in [-0.3, -0.25) is 19.3 Å². The van der Waals surface area contributed by atoms with Crippen molar-refractivity contribution in [3.05, 3.63) is 76.2 Å². The van der Waals surface area contributed by atoms with Crippen molar-refractivity contribution >= 4 is 55.5 Å². The summed E-state index contributed by atoms with van der Waals surface area (Å²) in [5.74, 6) is -3.05. The Morgan fingerprint density at radius 2 is 1.94 bits per heavy atom. The first kappa shape index (κ1) is 21.4. The zero-order valence-corrected chi connectivity index (χ0v) is 19.0. The molecule has 166 valence electrons. The number of nitrogens with zero attached hydrogens (tertiary/aromatic N) is 2. The molecule has 1 aliphatic rings. The number of Topliss-reactive ketones (excluding diaryl/α,β-unsaturated/α-hetero) is 2. The molecule has 1 aliphatic heterocycles. The summed E-state index contributed by atoms with van der Waals surface area (Å²) in [4.78, 5) is 45.8. The van der Waals surface area contributed by atoms with Gasteiger partial charge in [-0.25, -0.2) is 9.37 Å². The van der Waals surface area contributed by atoms with Gasteiger partial charge in [-0.1, -0.05) is 29.5 Å². The molecule has 0 N–H and O–H groups in total. The lowest BCUT2D eigenvalue weighted by Crippen LogP contribution is -2.30. The summed E-state index contributed by atoms with van der Waals surface area (Å²) in [6, 6.07) is 13.3. The monoisotopic (exact) mass is 480 g/mol. The lowest BCUT2D eigenvalue weighted by molar-refractivity contribution is -0.135. The third-order valence-corrected chi connectivity index (χ3v) is 7.33. The number of fused-ring (bicyclic) bond motifs is 1. The van der Waals surface area contributed by atoms with Crippen LogP contribution in [0.1, 0.15) is 28.2 Å². The third kappa shape index (κ3) is 3.73. The van der Waals surface area contributed by atoms with Crippen LogP contribution in [0.15, 0.2) is 60.0 Å². The van der Waals surface area contributed by atoms with Crippen molar-refractivity contribution in [3.8, 4) is 5.75 Å². The number of aromatic nitrogens is 1. The van der Waals surface area contributed by atoms with Crippen molar-refractivity contribution in [1.29, 1.82) is 0 Å². The molecule has 33 heavy (non-hydrogen) atoms. The summed E-state index contributed by atoms with van der Waals surface area (Å²) >= 11 is 2.44. The molecule has 1 fully saturated rings. The molecule has 4 aromatic rings. The number of halogens is 1. The van der Waals surface area contributed by atoms with Gasteiger partial charge in [0.2, 0.25) is 5.78 Å². The number of hydrogen-bond donors (Lipinski definition) is 0. The van der Waals surface area contributed by atoms with Crippen LogP contribution in [0.3, 0.4) is 0 Å². The van der Waals surface area contributed by atoms with Gasteiger partial charge in [0.1, 0.15) is 17.5 Å². The Morgan fingerprint density at radius 3 is 2.64 bits per heavy atom. The van der Waals surface area contributed by atoms with Crippen molar-refractivity contribution in [2.45, 2.75) is 13.0 Å². The number of carbonyl (C=O) groups excluding carboxylic acids is 3. The molecule has 6 nitrogen and oxygen atoms in total. The summed E-state index contributed by atoms with van der Waals surface area (Å²) in [7, 11) is 0. The minimum absolute atomic E-state index is 0.299. The van der Waals surface area contributed by atoms with Crippen LogP contribution >= 0.6 is 22.7 Å². The van der Waals surface area contributed by atoms with Gasteiger partial charge in [-0.05, 0) is 54.3 Å². The van der Waals surface area contributed by atoms with E-state index in [1.165, 1.54) is 51.8 Å². The number of thiazole rings is 1. The molecule has 5 rings (SSSR count). The number of carbonyl (C=O) groups is 3. The van der Waals surface area contributed by atoms with Crippen molar-refractivity contribution < 1.29 is 23.5 Å². The fraction of sp³-hybridized carbons (Fsp3) is 0.167. The minimum Gasteiger partial charge on any atom is -0.494 e. The van der Waals surface area contributed by atoms with Gasteiger partial charge in [0.15, 0.2) is 10.9 Å². The summed E-state index contributed by atoms with van der Waals surface area (Å²) in [5, 5.41) is 2.04. The second-order valence-electron chi connectivity index (χ2n) is 7.41. The summed E-state index contributed by atoms with van der Waals surface area (Å²) in [5.41, 5.74) is 1.13. The number of rotatable bonds is 6. The van der Waals surface area contributed by atoms with Crippen LogP contribution < -0.4 is 9.64 Å². The first-order valence-electron chi connectivity index (χ1n) is 10.2. The Labute approximate surface area is 196 Å². The number of amides is 1. The van der Waals surface area contributed by atoms with Gasteiger partial charge in [-0.15, -0.1) is 11.3 Å². The number of hydrogen-bond acceptors (Lipinski definition) is 7. The molecule has 3 heterocycles. The molecule has 1 amide bonds. The molecule has 9 heteroatoms. The second kappa shape index (κ2) is 8.49. The molecule has 0 bridgehead atoms. The van der Waals surface area contributed by atoms with Crippen LogP contribution in [0.5, 0.6) is 5.75 Å². The number of ether oxygens (including phenoxy) is 1. The lowest BCUT2D eigenvalue weighted by Gasteiger charge is -2.24. The first-order chi connectivity index (χ1) is 16.0. The maximum absolute atomic E-state index is 13.6. The fourth-order valence-corrected chi connectivity index (χ4v) is 5.70. The van der Waals surface area contributed by atoms with Crippen LogP contribution in [0.4, 0.5) is 9.52 Å². The van der Waals surface area contributed by atoms with E-state index in [0.717, 1.165) is 4.70 Å². The Morgan fingerprint density at radius 1 is 1.15 bits per heavy atom. The van der Waals surface area contributed by atoms with Crippen LogP contribution in [-0.4, -0.2) is 29.1 Å². The molecule has 2 unspecified atom stereocenters. The summed E-state index contributed by atoms with van der Waals surface area (Å²) in [6.07, 6.45) is 0. The van der Waals surface area contributed by atoms with Crippen molar-refractivity contribution in [2.75, 3.05) is 11.5 Å². The van der Waals surface area contributed by atoms with Crippen LogP contribution in [0, 0.1) is 11.7 Å². The SMILES string of the molecule is CCOc1ccc2nc(N3C(=O)C(=O)C(C(=O)c4cccs4)C3c3ccc(F)cc3)sc2c1. The van der Waals surface area contributed by atoms with Gasteiger partial charge in [0.05, 0.1) is 27.7 Å². The minimum atomic E-state index is -1.24. The Hall–Kier alpha value is -3.43. The van der Waals surface area contributed by atoms with E-state index < -0.39 is 35.3 Å². The molecule has 2 aromatic heterocycles. The highest BCUT2D eigenvalue weighted by atomic mass is 32.1. The predicted octanol–water partition coefficient (Wildman–Crippen LogP) is 5.05. The lowest BCUT2D eigenvalue weighted by atomic mass is 9.88. The number of benzene rings is 2. The molecular weight excluding hydrogens is 463 g/mol.